The van der Waals surface area contributed by atoms with Crippen LogP contribution in [0.2, 0.25) is 0 Å². The molecule has 0 spiro atoms. The second kappa shape index (κ2) is 9.01. The van der Waals surface area contributed by atoms with E-state index < -0.39 is 9.84 Å². The van der Waals surface area contributed by atoms with E-state index >= 15 is 0 Å². The Bertz CT molecular complexity index is 1170. The van der Waals surface area contributed by atoms with E-state index in [1.807, 2.05) is 6.92 Å². The number of benzene rings is 2. The largest absolute Gasteiger partial charge is 0.490 e. The number of nitrogens with one attached hydrogen (secondary N) is 1. The molecule has 0 atom stereocenters. The lowest BCUT2D eigenvalue weighted by atomic mass is 10.2. The third-order valence-corrected chi connectivity index (χ3v) is 6.13. The van der Waals surface area contributed by atoms with Crippen LogP contribution in [0.15, 0.2) is 41.3 Å². The van der Waals surface area contributed by atoms with E-state index in [4.69, 9.17) is 9.47 Å². The molecule has 1 N–H and O–H groups in total. The Balaban J connectivity index is 1.82. The molecular weight excluding hydrogens is 424 g/mol. The molecular formula is C21H24N2O5S2. The van der Waals surface area contributed by atoms with E-state index in [1.165, 1.54) is 17.4 Å². The molecule has 3 rings (SSSR count). The molecule has 0 unspecified atom stereocenters. The Hall–Kier alpha value is -2.65. The van der Waals surface area contributed by atoms with E-state index in [9.17, 15) is 13.2 Å². The van der Waals surface area contributed by atoms with Gasteiger partial charge in [-0.1, -0.05) is 25.2 Å². The molecule has 0 saturated carbocycles. The number of anilines is 1. The predicted molar refractivity (Wildman–Crippen MR) is 119 cm³/mol. The summed E-state index contributed by atoms with van der Waals surface area (Å²) in [6.45, 7) is 6.97. The van der Waals surface area contributed by atoms with Crippen LogP contribution < -0.4 is 14.8 Å². The van der Waals surface area contributed by atoms with Gasteiger partial charge >= 0.3 is 0 Å². The molecule has 30 heavy (non-hydrogen) atoms. The van der Waals surface area contributed by atoms with Crippen molar-refractivity contribution in [2.24, 2.45) is 5.92 Å². The van der Waals surface area contributed by atoms with Crippen LogP contribution in [-0.4, -0.2) is 38.8 Å². The Morgan fingerprint density at radius 3 is 2.57 bits per heavy atom. The monoisotopic (exact) mass is 448 g/mol. The Morgan fingerprint density at radius 1 is 1.13 bits per heavy atom. The maximum absolute atomic E-state index is 12.7. The summed E-state index contributed by atoms with van der Waals surface area (Å²) in [5.74, 6) is 1.13. The third-order valence-electron chi connectivity index (χ3n) is 4.09. The molecule has 9 heteroatoms. The molecule has 0 aliphatic heterocycles. The van der Waals surface area contributed by atoms with Crippen molar-refractivity contribution in [3.63, 3.8) is 0 Å². The molecule has 1 heterocycles. The van der Waals surface area contributed by atoms with Gasteiger partial charge in [-0.3, -0.25) is 10.1 Å². The molecule has 0 aliphatic carbocycles. The summed E-state index contributed by atoms with van der Waals surface area (Å²) >= 11 is 1.22. The maximum atomic E-state index is 12.7. The van der Waals surface area contributed by atoms with Gasteiger partial charge in [0.15, 0.2) is 26.5 Å². The highest BCUT2D eigenvalue weighted by molar-refractivity contribution is 7.90. The summed E-state index contributed by atoms with van der Waals surface area (Å²) < 4.78 is 35.5. The number of carbonyl (C=O) groups is 1. The Labute approximate surface area is 180 Å². The van der Waals surface area contributed by atoms with Crippen LogP contribution in [0.3, 0.4) is 0 Å². The van der Waals surface area contributed by atoms with E-state index in [0.717, 1.165) is 6.26 Å². The minimum absolute atomic E-state index is 0.217. The van der Waals surface area contributed by atoms with Gasteiger partial charge in [-0.15, -0.1) is 0 Å². The molecule has 0 fully saturated rings. The van der Waals surface area contributed by atoms with Gasteiger partial charge in [0.1, 0.15) is 0 Å². The first-order valence-electron chi connectivity index (χ1n) is 9.49. The molecule has 0 bridgehead atoms. The number of fused-ring (bicyclic) bond motifs is 1. The summed E-state index contributed by atoms with van der Waals surface area (Å²) in [5.41, 5.74) is 1.03. The minimum Gasteiger partial charge on any atom is -0.490 e. The van der Waals surface area contributed by atoms with Crippen LogP contribution in [0.1, 0.15) is 31.1 Å². The topological polar surface area (TPSA) is 94.6 Å². The van der Waals surface area contributed by atoms with Gasteiger partial charge in [-0.2, -0.15) is 0 Å². The highest BCUT2D eigenvalue weighted by atomic mass is 32.2. The molecule has 7 nitrogen and oxygen atoms in total. The SMILES string of the molecule is CCOc1cc(C(=O)Nc2nc3ccc(S(C)(=O)=O)cc3s2)ccc1OCC(C)C. The first kappa shape index (κ1) is 22.0. The predicted octanol–water partition coefficient (Wildman–Crippen LogP) is 4.39. The fourth-order valence-electron chi connectivity index (χ4n) is 2.65. The molecule has 1 aromatic heterocycles. The number of rotatable bonds is 8. The first-order valence-corrected chi connectivity index (χ1v) is 12.2. The van der Waals surface area contributed by atoms with Crippen molar-refractivity contribution in [3.05, 3.63) is 42.0 Å². The van der Waals surface area contributed by atoms with Crippen LogP contribution >= 0.6 is 11.3 Å². The van der Waals surface area contributed by atoms with Crippen LogP contribution in [-0.2, 0) is 9.84 Å². The zero-order valence-electron chi connectivity index (χ0n) is 17.3. The fourth-order valence-corrected chi connectivity index (χ4v) is 4.27. The van der Waals surface area contributed by atoms with Gasteiger partial charge in [0.2, 0.25) is 0 Å². The van der Waals surface area contributed by atoms with Crippen molar-refractivity contribution >= 4 is 42.4 Å². The number of aromatic nitrogens is 1. The third kappa shape index (κ3) is 5.28. The number of carbonyl (C=O) groups excluding carboxylic acids is 1. The van der Waals surface area contributed by atoms with Crippen molar-refractivity contribution < 1.29 is 22.7 Å². The molecule has 2 aromatic carbocycles. The van der Waals surface area contributed by atoms with Crippen molar-refractivity contribution in [2.45, 2.75) is 25.7 Å². The lowest BCUT2D eigenvalue weighted by molar-refractivity contribution is 0.102. The molecule has 0 radical (unpaired) electrons. The average molecular weight is 449 g/mol. The maximum Gasteiger partial charge on any atom is 0.257 e. The zero-order valence-corrected chi connectivity index (χ0v) is 18.9. The molecule has 1 amide bonds. The van der Waals surface area contributed by atoms with E-state index in [-0.39, 0.29) is 10.8 Å². The number of ether oxygens (including phenoxy) is 2. The molecule has 160 valence electrons. The number of nitrogens with zero attached hydrogens (tertiary/aromatic N) is 1. The number of thiazole rings is 1. The van der Waals surface area contributed by atoms with Crippen LogP contribution in [0, 0.1) is 5.92 Å². The summed E-state index contributed by atoms with van der Waals surface area (Å²) in [6.07, 6.45) is 1.16. The van der Waals surface area contributed by atoms with Crippen molar-refractivity contribution in [1.29, 1.82) is 0 Å². The van der Waals surface area contributed by atoms with Crippen molar-refractivity contribution in [2.75, 3.05) is 24.8 Å². The standard InChI is InChI=1S/C21H24N2O5S2/c1-5-27-18-10-14(6-9-17(18)28-12-13(2)3)20(24)23-21-22-16-8-7-15(30(4,25)26)11-19(16)29-21/h6-11,13H,5,12H2,1-4H3,(H,22,23,24). The quantitative estimate of drug-likeness (QED) is 0.549. The summed E-state index contributed by atoms with van der Waals surface area (Å²) in [6, 6.07) is 9.73. The molecule has 3 aromatic rings. The number of hydrogen-bond donors (Lipinski definition) is 1. The lowest BCUT2D eigenvalue weighted by Crippen LogP contribution is -2.12. The minimum atomic E-state index is -3.31. The van der Waals surface area contributed by atoms with Crippen LogP contribution in [0.25, 0.3) is 10.2 Å². The van der Waals surface area contributed by atoms with Gasteiger partial charge in [0.25, 0.3) is 5.91 Å². The van der Waals surface area contributed by atoms with Gasteiger partial charge in [0.05, 0.1) is 28.3 Å². The first-order chi connectivity index (χ1) is 14.2. The van der Waals surface area contributed by atoms with Crippen molar-refractivity contribution in [3.8, 4) is 11.5 Å². The summed E-state index contributed by atoms with van der Waals surface area (Å²) in [4.78, 5) is 17.3. The summed E-state index contributed by atoms with van der Waals surface area (Å²) in [5, 5.41) is 3.16. The molecule has 0 aliphatic rings. The molecule has 0 saturated heterocycles. The second-order valence-corrected chi connectivity index (χ2v) is 10.2. The van der Waals surface area contributed by atoms with E-state index in [0.29, 0.717) is 51.5 Å². The summed E-state index contributed by atoms with van der Waals surface area (Å²) in [7, 11) is -3.31. The van der Waals surface area contributed by atoms with Crippen LogP contribution in [0.5, 0.6) is 11.5 Å². The van der Waals surface area contributed by atoms with Gasteiger partial charge in [-0.05, 0) is 49.2 Å². The highest BCUT2D eigenvalue weighted by Crippen LogP contribution is 2.31. The lowest BCUT2D eigenvalue weighted by Gasteiger charge is -2.14. The number of hydrogen-bond acceptors (Lipinski definition) is 7. The van der Waals surface area contributed by atoms with Gasteiger partial charge in [0, 0.05) is 11.8 Å². The normalized spacial score (nSPS) is 11.6. The number of amides is 1. The van der Waals surface area contributed by atoms with E-state index in [2.05, 4.69) is 24.1 Å². The Morgan fingerprint density at radius 2 is 1.90 bits per heavy atom. The van der Waals surface area contributed by atoms with E-state index in [1.54, 1.807) is 30.3 Å². The fraction of sp³-hybridized carbons (Fsp3) is 0.333. The zero-order chi connectivity index (χ0) is 21.9. The average Bonchev–Trinajstić information content (AvgIpc) is 3.07. The Kier molecular flexibility index (Phi) is 6.62. The second-order valence-electron chi connectivity index (χ2n) is 7.17. The number of sulfone groups is 1. The van der Waals surface area contributed by atoms with Crippen LogP contribution in [0.4, 0.5) is 5.13 Å². The van der Waals surface area contributed by atoms with Gasteiger partial charge in [-0.25, -0.2) is 13.4 Å². The van der Waals surface area contributed by atoms with Gasteiger partial charge < -0.3 is 9.47 Å². The van der Waals surface area contributed by atoms with Crippen molar-refractivity contribution in [1.82, 2.24) is 4.98 Å². The highest BCUT2D eigenvalue weighted by Gasteiger charge is 2.15. The smallest absolute Gasteiger partial charge is 0.257 e.